The molecule has 6 heteroatoms. The average molecular weight is 336 g/mol. The molecule has 1 aromatic rings. The van der Waals surface area contributed by atoms with Crippen LogP contribution in [0, 0.1) is 13.8 Å². The lowest BCUT2D eigenvalue weighted by Gasteiger charge is -2.35. The molecule has 24 heavy (non-hydrogen) atoms. The summed E-state index contributed by atoms with van der Waals surface area (Å²) in [5.41, 5.74) is 2.12. The van der Waals surface area contributed by atoms with Gasteiger partial charge in [0.2, 0.25) is 5.91 Å². The summed E-state index contributed by atoms with van der Waals surface area (Å²) in [6.45, 7) is 15.4. The minimum atomic E-state index is 0.101. The zero-order valence-corrected chi connectivity index (χ0v) is 15.8. The fourth-order valence-electron chi connectivity index (χ4n) is 3.20. The second-order valence-electron chi connectivity index (χ2n) is 7.07. The van der Waals surface area contributed by atoms with E-state index < -0.39 is 0 Å². The van der Waals surface area contributed by atoms with Crippen LogP contribution in [0.3, 0.4) is 0 Å². The van der Waals surface area contributed by atoms with E-state index in [0.29, 0.717) is 6.42 Å². The molecule has 136 valence electrons. The predicted molar refractivity (Wildman–Crippen MR) is 95.1 cm³/mol. The van der Waals surface area contributed by atoms with Crippen molar-refractivity contribution >= 4 is 5.91 Å². The van der Waals surface area contributed by atoms with Gasteiger partial charge in [-0.15, -0.1) is 0 Å². The van der Waals surface area contributed by atoms with Crippen LogP contribution in [0.4, 0.5) is 0 Å². The number of piperazine rings is 1. The molecule has 1 amide bonds. The molecule has 0 saturated carbocycles. The molecule has 1 unspecified atom stereocenters. The number of nitrogens with zero attached hydrogens (tertiary/aromatic N) is 4. The van der Waals surface area contributed by atoms with Crippen LogP contribution in [-0.2, 0) is 9.53 Å². The molecule has 0 N–H and O–H groups in total. The fraction of sp³-hybridized carbons (Fsp3) is 0.778. The summed E-state index contributed by atoms with van der Waals surface area (Å²) in [6, 6.07) is 2.16. The lowest BCUT2D eigenvalue weighted by Crippen LogP contribution is -2.49. The van der Waals surface area contributed by atoms with Gasteiger partial charge >= 0.3 is 0 Å². The largest absolute Gasteiger partial charge is 0.377 e. The van der Waals surface area contributed by atoms with E-state index in [1.807, 2.05) is 23.4 Å². The first-order chi connectivity index (χ1) is 11.4. The molecule has 1 aliphatic heterocycles. The van der Waals surface area contributed by atoms with E-state index in [2.05, 4.69) is 36.8 Å². The maximum atomic E-state index is 12.6. The van der Waals surface area contributed by atoms with Crippen molar-refractivity contribution in [1.82, 2.24) is 19.6 Å². The highest BCUT2D eigenvalue weighted by Crippen LogP contribution is 2.16. The first-order valence-corrected chi connectivity index (χ1v) is 9.01. The number of aromatic nitrogens is 2. The van der Waals surface area contributed by atoms with Crippen LogP contribution >= 0.6 is 0 Å². The summed E-state index contributed by atoms with van der Waals surface area (Å²) < 4.78 is 7.57. The Hall–Kier alpha value is -1.40. The van der Waals surface area contributed by atoms with Crippen molar-refractivity contribution in [2.45, 2.75) is 53.2 Å². The van der Waals surface area contributed by atoms with Gasteiger partial charge < -0.3 is 9.64 Å². The van der Waals surface area contributed by atoms with Gasteiger partial charge in [0.15, 0.2) is 0 Å². The highest BCUT2D eigenvalue weighted by molar-refractivity contribution is 5.76. The maximum absolute atomic E-state index is 12.6. The van der Waals surface area contributed by atoms with Crippen molar-refractivity contribution in [3.05, 3.63) is 17.5 Å². The number of hydrogen-bond acceptors (Lipinski definition) is 4. The summed E-state index contributed by atoms with van der Waals surface area (Å²) in [7, 11) is 0. The normalized spacial score (nSPS) is 17.5. The molecule has 2 heterocycles. The Labute approximate surface area is 145 Å². The molecule has 1 aliphatic rings. The molecule has 1 saturated heterocycles. The first-order valence-electron chi connectivity index (χ1n) is 9.01. The number of amides is 1. The highest BCUT2D eigenvalue weighted by atomic mass is 16.5. The third kappa shape index (κ3) is 5.31. The molecule has 2 rings (SSSR count). The van der Waals surface area contributed by atoms with E-state index in [1.54, 1.807) is 0 Å². The van der Waals surface area contributed by atoms with Gasteiger partial charge in [0.1, 0.15) is 0 Å². The fourth-order valence-corrected chi connectivity index (χ4v) is 3.20. The number of carbonyl (C=O) groups excluding carboxylic acids is 1. The van der Waals surface area contributed by atoms with E-state index in [0.717, 1.165) is 50.7 Å². The van der Waals surface area contributed by atoms with Crippen LogP contribution in [-0.4, -0.2) is 70.9 Å². The van der Waals surface area contributed by atoms with Gasteiger partial charge in [0.25, 0.3) is 0 Å². The predicted octanol–water partition coefficient (Wildman–Crippen LogP) is 2.02. The van der Waals surface area contributed by atoms with Gasteiger partial charge in [-0.05, 0) is 40.7 Å². The minimum absolute atomic E-state index is 0.101. The van der Waals surface area contributed by atoms with E-state index >= 15 is 0 Å². The van der Waals surface area contributed by atoms with Crippen LogP contribution < -0.4 is 0 Å². The van der Waals surface area contributed by atoms with Crippen LogP contribution in [0.5, 0.6) is 0 Å². The van der Waals surface area contributed by atoms with Crippen LogP contribution in [0.25, 0.3) is 0 Å². The van der Waals surface area contributed by atoms with E-state index in [9.17, 15) is 4.79 Å². The zero-order chi connectivity index (χ0) is 17.7. The molecule has 0 radical (unpaired) electrons. The highest BCUT2D eigenvalue weighted by Gasteiger charge is 2.23. The third-order valence-electron chi connectivity index (χ3n) is 4.52. The molecule has 1 fully saturated rings. The van der Waals surface area contributed by atoms with Crippen molar-refractivity contribution in [1.29, 1.82) is 0 Å². The Kier molecular flexibility index (Phi) is 6.80. The van der Waals surface area contributed by atoms with Crippen molar-refractivity contribution < 1.29 is 9.53 Å². The molecule has 1 aromatic heterocycles. The second kappa shape index (κ2) is 8.62. The molecule has 1 atom stereocenters. The summed E-state index contributed by atoms with van der Waals surface area (Å²) in [6.07, 6.45) is 0.794. The van der Waals surface area contributed by atoms with Crippen LogP contribution in [0.1, 0.15) is 44.6 Å². The average Bonchev–Trinajstić information content (AvgIpc) is 2.86. The van der Waals surface area contributed by atoms with Crippen molar-refractivity contribution in [2.24, 2.45) is 0 Å². The Morgan fingerprint density at radius 1 is 1.21 bits per heavy atom. The van der Waals surface area contributed by atoms with Crippen LogP contribution in [0.15, 0.2) is 6.07 Å². The Morgan fingerprint density at radius 3 is 2.42 bits per heavy atom. The number of hydrogen-bond donors (Lipinski definition) is 0. The van der Waals surface area contributed by atoms with Gasteiger partial charge in [-0.1, -0.05) is 0 Å². The smallest absolute Gasteiger partial charge is 0.224 e. The lowest BCUT2D eigenvalue weighted by atomic mass is 10.2. The Bertz CT molecular complexity index is 533. The molecule has 6 nitrogen and oxygen atoms in total. The van der Waals surface area contributed by atoms with E-state index in [1.165, 1.54) is 0 Å². The molecule has 0 aromatic carbocycles. The number of carbonyl (C=O) groups is 1. The molecule has 0 spiro atoms. The summed E-state index contributed by atoms with van der Waals surface area (Å²) in [5.74, 6) is 0.230. The van der Waals surface area contributed by atoms with Crippen molar-refractivity contribution in [2.75, 3.05) is 39.3 Å². The van der Waals surface area contributed by atoms with Gasteiger partial charge in [-0.3, -0.25) is 14.4 Å². The summed E-state index contributed by atoms with van der Waals surface area (Å²) in [4.78, 5) is 16.9. The summed E-state index contributed by atoms with van der Waals surface area (Å²) >= 11 is 0. The minimum Gasteiger partial charge on any atom is -0.377 e. The first kappa shape index (κ1) is 18.9. The second-order valence-corrected chi connectivity index (χ2v) is 7.07. The van der Waals surface area contributed by atoms with Gasteiger partial charge in [0.05, 0.1) is 24.4 Å². The number of ether oxygens (including phenoxy) is 1. The van der Waals surface area contributed by atoms with E-state index in [-0.39, 0.29) is 18.1 Å². The lowest BCUT2D eigenvalue weighted by molar-refractivity contribution is -0.133. The van der Waals surface area contributed by atoms with Gasteiger partial charge in [-0.2, -0.15) is 5.10 Å². The standard InChI is InChI=1S/C18H32N4O2/c1-14(2)24-11-10-20-6-8-21(9-7-20)18(23)13-17(5)22-16(4)12-15(3)19-22/h12,14,17H,6-11,13H2,1-5H3. The molecule has 0 bridgehead atoms. The number of aryl methyl sites for hydroxylation is 2. The topological polar surface area (TPSA) is 50.6 Å². The third-order valence-corrected chi connectivity index (χ3v) is 4.52. The van der Waals surface area contributed by atoms with Crippen molar-refractivity contribution in [3.63, 3.8) is 0 Å². The molecule has 0 aliphatic carbocycles. The monoisotopic (exact) mass is 336 g/mol. The Morgan fingerprint density at radius 2 is 1.88 bits per heavy atom. The summed E-state index contributed by atoms with van der Waals surface area (Å²) in [5, 5.41) is 4.49. The quantitative estimate of drug-likeness (QED) is 0.764. The SMILES string of the molecule is Cc1cc(C)n(C(C)CC(=O)N2CCN(CCOC(C)C)CC2)n1. The van der Waals surface area contributed by atoms with Gasteiger partial charge in [0, 0.05) is 44.8 Å². The number of rotatable bonds is 7. The molecular formula is C18H32N4O2. The van der Waals surface area contributed by atoms with Gasteiger partial charge in [-0.25, -0.2) is 0 Å². The van der Waals surface area contributed by atoms with E-state index in [4.69, 9.17) is 4.74 Å². The van der Waals surface area contributed by atoms with Crippen LogP contribution in [0.2, 0.25) is 0 Å². The Balaban J connectivity index is 1.75. The molecular weight excluding hydrogens is 304 g/mol. The zero-order valence-electron chi connectivity index (χ0n) is 15.8. The maximum Gasteiger partial charge on any atom is 0.224 e. The van der Waals surface area contributed by atoms with Crippen molar-refractivity contribution in [3.8, 4) is 0 Å².